The molecule has 1 unspecified atom stereocenters. The quantitative estimate of drug-likeness (QED) is 0.302. The number of benzene rings is 2. The van der Waals surface area contributed by atoms with Crippen molar-refractivity contribution in [3.8, 4) is 0 Å². The highest BCUT2D eigenvalue weighted by molar-refractivity contribution is 5.65. The van der Waals surface area contributed by atoms with Crippen molar-refractivity contribution < 1.29 is 0 Å². The van der Waals surface area contributed by atoms with Gasteiger partial charge in [-0.15, -0.1) is 0 Å². The highest BCUT2D eigenvalue weighted by Gasteiger charge is 2.35. The van der Waals surface area contributed by atoms with Crippen molar-refractivity contribution >= 4 is 11.4 Å². The smallest absolute Gasteiger partial charge is 0.0413 e. The molecule has 1 nitrogen and oxygen atoms in total. The van der Waals surface area contributed by atoms with Crippen LogP contribution in [0.15, 0.2) is 48.5 Å². The van der Waals surface area contributed by atoms with Crippen molar-refractivity contribution in [1.29, 1.82) is 0 Å². The molecule has 2 aromatic carbocycles. The van der Waals surface area contributed by atoms with E-state index < -0.39 is 0 Å². The van der Waals surface area contributed by atoms with Gasteiger partial charge in [0.05, 0.1) is 0 Å². The Morgan fingerprint density at radius 2 is 1.09 bits per heavy atom. The third kappa shape index (κ3) is 5.41. The number of hydrogen-bond acceptors (Lipinski definition) is 1. The van der Waals surface area contributed by atoms with Crippen LogP contribution in [0.1, 0.15) is 117 Å². The third-order valence-electron chi connectivity index (χ3n) is 8.41. The Labute approximate surface area is 199 Å². The molecule has 0 heterocycles. The SMILES string of the molecule is CCC(C)c1ccc(N(c2ccc(C(CC)(CC)C(CC)CC)cc2)C(CC)CC)cc1. The Kier molecular flexibility index (Phi) is 10.3. The summed E-state index contributed by atoms with van der Waals surface area (Å²) in [5, 5.41) is 0. The summed E-state index contributed by atoms with van der Waals surface area (Å²) in [6, 6.07) is 19.5. The van der Waals surface area contributed by atoms with Crippen LogP contribution in [0.4, 0.5) is 11.4 Å². The van der Waals surface area contributed by atoms with E-state index in [4.69, 9.17) is 0 Å². The fraction of sp³-hybridized carbons (Fsp3) is 0.613. The standard InChI is InChI=1S/C31H49N/c1-9-24(8)25-16-20-29(21-17-25)32(28(12-4)13-5)30-22-18-27(19-23-30)31(14-6,15-7)26(10-2)11-3/h16-24,26,28H,9-15H2,1-8H3. The first-order chi connectivity index (χ1) is 15.5. The topological polar surface area (TPSA) is 3.24 Å². The lowest BCUT2D eigenvalue weighted by Gasteiger charge is -2.40. The first kappa shape index (κ1) is 26.5. The summed E-state index contributed by atoms with van der Waals surface area (Å²) in [6.45, 7) is 18.7. The predicted octanol–water partition coefficient (Wildman–Crippen LogP) is 10.0. The van der Waals surface area contributed by atoms with Crippen molar-refractivity contribution in [2.45, 2.75) is 118 Å². The Balaban J connectivity index is 2.47. The van der Waals surface area contributed by atoms with Gasteiger partial charge in [0.2, 0.25) is 0 Å². The average Bonchev–Trinajstić information content (AvgIpc) is 2.85. The fourth-order valence-corrected chi connectivity index (χ4v) is 5.92. The lowest BCUT2D eigenvalue weighted by molar-refractivity contribution is 0.231. The second-order valence-electron chi connectivity index (χ2n) is 9.66. The van der Waals surface area contributed by atoms with Gasteiger partial charge < -0.3 is 4.90 Å². The highest BCUT2D eigenvalue weighted by Crippen LogP contribution is 2.43. The molecule has 0 radical (unpaired) electrons. The van der Waals surface area contributed by atoms with Crippen molar-refractivity contribution in [3.63, 3.8) is 0 Å². The molecule has 1 heteroatoms. The molecule has 1 atom stereocenters. The maximum atomic E-state index is 2.57. The van der Waals surface area contributed by atoms with Crippen molar-refractivity contribution in [1.82, 2.24) is 0 Å². The van der Waals surface area contributed by atoms with Gasteiger partial charge in [-0.3, -0.25) is 0 Å². The van der Waals surface area contributed by atoms with Gasteiger partial charge >= 0.3 is 0 Å². The van der Waals surface area contributed by atoms with Gasteiger partial charge in [-0.2, -0.15) is 0 Å². The number of hydrogen-bond donors (Lipinski definition) is 0. The zero-order valence-electron chi connectivity index (χ0n) is 22.2. The van der Waals surface area contributed by atoms with Crippen molar-refractivity contribution in [3.05, 3.63) is 59.7 Å². The van der Waals surface area contributed by atoms with E-state index in [0.717, 1.165) is 18.8 Å². The number of nitrogens with zero attached hydrogens (tertiary/aromatic N) is 1. The van der Waals surface area contributed by atoms with Gasteiger partial charge in [-0.1, -0.05) is 92.5 Å². The molecule has 32 heavy (non-hydrogen) atoms. The summed E-state index contributed by atoms with van der Waals surface area (Å²) in [7, 11) is 0. The molecule has 0 bridgehead atoms. The van der Waals surface area contributed by atoms with E-state index in [1.165, 1.54) is 54.6 Å². The van der Waals surface area contributed by atoms with Crippen LogP contribution < -0.4 is 4.90 Å². The maximum absolute atomic E-state index is 2.57. The fourth-order valence-electron chi connectivity index (χ4n) is 5.92. The molecule has 0 aliphatic rings. The molecule has 0 fully saturated rings. The summed E-state index contributed by atoms with van der Waals surface area (Å²) in [5.41, 5.74) is 5.90. The van der Waals surface area contributed by atoms with Crippen LogP contribution in [0.25, 0.3) is 0 Å². The van der Waals surface area contributed by atoms with Gasteiger partial charge in [0.1, 0.15) is 0 Å². The third-order valence-corrected chi connectivity index (χ3v) is 8.41. The van der Waals surface area contributed by atoms with E-state index in [1.54, 1.807) is 0 Å². The Morgan fingerprint density at radius 3 is 1.47 bits per heavy atom. The summed E-state index contributed by atoms with van der Waals surface area (Å²) < 4.78 is 0. The van der Waals surface area contributed by atoms with Gasteiger partial charge in [-0.25, -0.2) is 0 Å². The summed E-state index contributed by atoms with van der Waals surface area (Å²) >= 11 is 0. The largest absolute Gasteiger partial charge is 0.338 e. The lowest BCUT2D eigenvalue weighted by atomic mass is 9.65. The molecule has 0 aromatic heterocycles. The molecule has 2 aromatic rings. The molecule has 0 aliphatic carbocycles. The van der Waals surface area contributed by atoms with Crippen LogP contribution >= 0.6 is 0 Å². The second-order valence-corrected chi connectivity index (χ2v) is 9.66. The first-order valence-electron chi connectivity index (χ1n) is 13.5. The van der Waals surface area contributed by atoms with Gasteiger partial charge in [0.15, 0.2) is 0 Å². The van der Waals surface area contributed by atoms with E-state index in [-0.39, 0.29) is 0 Å². The summed E-state index contributed by atoms with van der Waals surface area (Å²) in [5.74, 6) is 1.36. The van der Waals surface area contributed by atoms with E-state index >= 15 is 0 Å². The molecule has 2 rings (SSSR count). The maximum Gasteiger partial charge on any atom is 0.0413 e. The lowest BCUT2D eigenvalue weighted by Crippen LogP contribution is -2.34. The second kappa shape index (κ2) is 12.5. The van der Waals surface area contributed by atoms with Gasteiger partial charge in [0, 0.05) is 17.4 Å². The molecule has 178 valence electrons. The van der Waals surface area contributed by atoms with Crippen LogP contribution in [0, 0.1) is 5.92 Å². The van der Waals surface area contributed by atoms with Gasteiger partial charge in [0.25, 0.3) is 0 Å². The van der Waals surface area contributed by atoms with Gasteiger partial charge in [-0.05, 0) is 84.7 Å². The molecule has 0 aliphatic heterocycles. The molecule has 0 N–H and O–H groups in total. The van der Waals surface area contributed by atoms with E-state index in [2.05, 4.69) is 109 Å². The normalized spacial score (nSPS) is 13.1. The van der Waals surface area contributed by atoms with Crippen molar-refractivity contribution in [2.75, 3.05) is 4.90 Å². The van der Waals surface area contributed by atoms with Crippen LogP contribution in [0.3, 0.4) is 0 Å². The zero-order valence-corrected chi connectivity index (χ0v) is 22.2. The first-order valence-corrected chi connectivity index (χ1v) is 13.5. The monoisotopic (exact) mass is 435 g/mol. The van der Waals surface area contributed by atoms with Crippen LogP contribution in [0.2, 0.25) is 0 Å². The number of rotatable bonds is 13. The summed E-state index contributed by atoms with van der Waals surface area (Å²) in [4.78, 5) is 2.57. The molecular formula is C31H49N. The van der Waals surface area contributed by atoms with Crippen molar-refractivity contribution in [2.24, 2.45) is 5.92 Å². The molecule has 0 saturated carbocycles. The average molecular weight is 436 g/mol. The zero-order chi connectivity index (χ0) is 23.7. The predicted molar refractivity (Wildman–Crippen MR) is 144 cm³/mol. The van der Waals surface area contributed by atoms with E-state index in [9.17, 15) is 0 Å². The molecule has 0 spiro atoms. The Bertz CT molecular complexity index is 761. The minimum atomic E-state index is 0.291. The Hall–Kier alpha value is -1.76. The number of anilines is 2. The minimum Gasteiger partial charge on any atom is -0.338 e. The molecule has 0 amide bonds. The molecule has 0 saturated heterocycles. The summed E-state index contributed by atoms with van der Waals surface area (Å²) in [6.07, 6.45) is 8.40. The Morgan fingerprint density at radius 1 is 0.625 bits per heavy atom. The highest BCUT2D eigenvalue weighted by atomic mass is 15.2. The van der Waals surface area contributed by atoms with E-state index in [1.807, 2.05) is 0 Å². The van der Waals surface area contributed by atoms with Crippen LogP contribution in [0.5, 0.6) is 0 Å². The van der Waals surface area contributed by atoms with Crippen LogP contribution in [-0.2, 0) is 5.41 Å². The molecular weight excluding hydrogens is 386 g/mol. The van der Waals surface area contributed by atoms with E-state index in [0.29, 0.717) is 17.4 Å². The minimum absolute atomic E-state index is 0.291. The van der Waals surface area contributed by atoms with Crippen LogP contribution in [-0.4, -0.2) is 6.04 Å².